The Morgan fingerprint density at radius 3 is 1.00 bits per heavy atom. The smallest absolute Gasteiger partial charge is 0.171 e. The van der Waals surface area contributed by atoms with Crippen LogP contribution in [0.3, 0.4) is 0 Å². The van der Waals surface area contributed by atoms with Crippen LogP contribution in [0.25, 0.3) is 34.2 Å². The van der Waals surface area contributed by atoms with Crippen LogP contribution in [0.2, 0.25) is 0 Å². The minimum absolute atomic E-state index is 0.568. The Hall–Kier alpha value is -4.66. The molecule has 5 aromatic carbocycles. The lowest BCUT2D eigenvalue weighted by Crippen LogP contribution is -2.24. The second-order valence-electron chi connectivity index (χ2n) is 8.87. The van der Waals surface area contributed by atoms with Gasteiger partial charge in [-0.2, -0.15) is 0 Å². The van der Waals surface area contributed by atoms with Gasteiger partial charge in [-0.15, -0.1) is 0 Å². The molecule has 4 nitrogen and oxygen atoms in total. The monoisotopic (exact) mass is 509 g/mol. The number of benzene rings is 5. The highest BCUT2D eigenvalue weighted by molar-refractivity contribution is 7.85. The summed E-state index contributed by atoms with van der Waals surface area (Å²) < 4.78 is 14.7. The van der Waals surface area contributed by atoms with Gasteiger partial charge in [0.1, 0.15) is 0 Å². The van der Waals surface area contributed by atoms with Crippen molar-refractivity contribution in [1.29, 1.82) is 0 Å². The molecule has 0 fully saturated rings. The predicted octanol–water partition coefficient (Wildman–Crippen LogP) is 6.51. The van der Waals surface area contributed by atoms with E-state index in [0.717, 1.165) is 32.6 Å². The first kappa shape index (κ1) is 23.7. The standard InChI is InChI=1S/C33H24N3OP/c37-38(28-17-9-3-10-18-28,29-19-11-4-12-20-29)30-23-21-27(22-24-30)33-35-31(25-13-5-1-6-14-25)34-32(36-33)26-15-7-2-8-16-26/h1-24H. The Labute approximate surface area is 222 Å². The largest absolute Gasteiger partial charge is 0.309 e. The predicted molar refractivity (Wildman–Crippen MR) is 156 cm³/mol. The second kappa shape index (κ2) is 10.4. The first-order chi connectivity index (χ1) is 18.7. The van der Waals surface area contributed by atoms with Gasteiger partial charge in [0.15, 0.2) is 24.6 Å². The zero-order chi connectivity index (χ0) is 25.8. The van der Waals surface area contributed by atoms with Crippen LogP contribution >= 0.6 is 7.14 Å². The van der Waals surface area contributed by atoms with Gasteiger partial charge in [-0.1, -0.05) is 146 Å². The van der Waals surface area contributed by atoms with Crippen molar-refractivity contribution in [1.82, 2.24) is 15.0 Å². The first-order valence-electron chi connectivity index (χ1n) is 12.4. The zero-order valence-corrected chi connectivity index (χ0v) is 21.4. The van der Waals surface area contributed by atoms with E-state index in [9.17, 15) is 4.57 Å². The minimum atomic E-state index is -3.06. The molecule has 0 atom stereocenters. The van der Waals surface area contributed by atoms with E-state index in [-0.39, 0.29) is 0 Å². The Morgan fingerprint density at radius 2 is 0.632 bits per heavy atom. The van der Waals surface area contributed by atoms with Crippen molar-refractivity contribution in [3.8, 4) is 34.2 Å². The number of aromatic nitrogens is 3. The molecule has 5 heteroatoms. The van der Waals surface area contributed by atoms with Crippen molar-refractivity contribution in [2.45, 2.75) is 0 Å². The molecule has 0 saturated heterocycles. The molecule has 6 aromatic rings. The summed E-state index contributed by atoms with van der Waals surface area (Å²) in [6.07, 6.45) is 0. The topological polar surface area (TPSA) is 55.7 Å². The van der Waals surface area contributed by atoms with Gasteiger partial charge in [-0.3, -0.25) is 0 Å². The number of hydrogen-bond donors (Lipinski definition) is 0. The summed E-state index contributed by atoms with van der Waals surface area (Å²) in [5.41, 5.74) is 2.67. The van der Waals surface area contributed by atoms with Crippen molar-refractivity contribution >= 4 is 23.1 Å². The molecular weight excluding hydrogens is 485 g/mol. The van der Waals surface area contributed by atoms with Gasteiger partial charge in [0.05, 0.1) is 0 Å². The van der Waals surface area contributed by atoms with Crippen molar-refractivity contribution in [2.24, 2.45) is 0 Å². The van der Waals surface area contributed by atoms with E-state index in [4.69, 9.17) is 15.0 Å². The summed E-state index contributed by atoms with van der Waals surface area (Å²) in [6.45, 7) is 0. The molecule has 0 aliphatic heterocycles. The van der Waals surface area contributed by atoms with Gasteiger partial charge in [0.2, 0.25) is 0 Å². The molecule has 0 radical (unpaired) electrons. The summed E-state index contributed by atoms with van der Waals surface area (Å²) in [5, 5.41) is 2.37. The van der Waals surface area contributed by atoms with Crippen LogP contribution < -0.4 is 15.9 Å². The average molecular weight is 510 g/mol. The van der Waals surface area contributed by atoms with Gasteiger partial charge >= 0.3 is 0 Å². The molecule has 0 aliphatic carbocycles. The molecule has 0 unspecified atom stereocenters. The SMILES string of the molecule is O=P(c1ccccc1)(c1ccccc1)c1ccc(-c2nc(-c3ccccc3)nc(-c3ccccc3)n2)cc1. The van der Waals surface area contributed by atoms with Gasteiger partial charge in [-0.05, 0) is 0 Å². The summed E-state index contributed by atoms with van der Waals surface area (Å²) in [6, 6.07) is 46.9. The van der Waals surface area contributed by atoms with E-state index in [1.54, 1.807) is 0 Å². The van der Waals surface area contributed by atoms with Crippen LogP contribution in [-0.2, 0) is 4.57 Å². The molecule has 1 heterocycles. The summed E-state index contributed by atoms with van der Waals surface area (Å²) in [7, 11) is -3.06. The summed E-state index contributed by atoms with van der Waals surface area (Å²) >= 11 is 0. The lowest BCUT2D eigenvalue weighted by Gasteiger charge is -2.20. The molecule has 1 aromatic heterocycles. The Kier molecular flexibility index (Phi) is 6.47. The molecule has 0 spiro atoms. The molecule has 6 rings (SSSR count). The molecule has 182 valence electrons. The Balaban J connectivity index is 1.47. The van der Waals surface area contributed by atoms with Crippen LogP contribution in [0.5, 0.6) is 0 Å². The van der Waals surface area contributed by atoms with Crippen molar-refractivity contribution in [3.63, 3.8) is 0 Å². The van der Waals surface area contributed by atoms with Gasteiger partial charge in [0.25, 0.3) is 0 Å². The fourth-order valence-electron chi connectivity index (χ4n) is 4.48. The maximum Gasteiger partial charge on any atom is 0.171 e. The van der Waals surface area contributed by atoms with E-state index in [2.05, 4.69) is 0 Å². The number of rotatable bonds is 6. The van der Waals surface area contributed by atoms with E-state index in [1.165, 1.54) is 0 Å². The highest BCUT2D eigenvalue weighted by Crippen LogP contribution is 2.42. The molecule has 0 aliphatic rings. The molecule has 0 amide bonds. The van der Waals surface area contributed by atoms with E-state index in [1.807, 2.05) is 146 Å². The minimum Gasteiger partial charge on any atom is -0.309 e. The lowest BCUT2D eigenvalue weighted by atomic mass is 10.1. The van der Waals surface area contributed by atoms with E-state index in [0.29, 0.717) is 17.5 Å². The molecular formula is C33H24N3OP. The third kappa shape index (κ3) is 4.58. The second-order valence-corrected chi connectivity index (χ2v) is 11.6. The third-order valence-electron chi connectivity index (χ3n) is 6.43. The first-order valence-corrected chi connectivity index (χ1v) is 14.1. The van der Waals surface area contributed by atoms with Crippen LogP contribution in [0, 0.1) is 0 Å². The zero-order valence-electron chi connectivity index (χ0n) is 20.6. The highest BCUT2D eigenvalue weighted by atomic mass is 31.2. The summed E-state index contributed by atoms with van der Waals surface area (Å²) in [4.78, 5) is 14.4. The number of nitrogens with zero attached hydrogens (tertiary/aromatic N) is 3. The summed E-state index contributed by atoms with van der Waals surface area (Å²) in [5.74, 6) is 1.79. The van der Waals surface area contributed by atoms with Crippen molar-refractivity contribution in [2.75, 3.05) is 0 Å². The van der Waals surface area contributed by atoms with Crippen LogP contribution in [0.1, 0.15) is 0 Å². The molecule has 0 bridgehead atoms. The van der Waals surface area contributed by atoms with Crippen molar-refractivity contribution < 1.29 is 4.57 Å². The van der Waals surface area contributed by atoms with Gasteiger partial charge in [-0.25, -0.2) is 15.0 Å². The van der Waals surface area contributed by atoms with Crippen molar-refractivity contribution in [3.05, 3.63) is 146 Å². The average Bonchev–Trinajstić information content (AvgIpc) is 3.02. The normalized spacial score (nSPS) is 11.3. The van der Waals surface area contributed by atoms with Crippen LogP contribution in [-0.4, -0.2) is 15.0 Å². The molecule has 38 heavy (non-hydrogen) atoms. The fraction of sp³-hybridized carbons (Fsp3) is 0. The molecule has 0 N–H and O–H groups in total. The Morgan fingerprint density at radius 1 is 0.342 bits per heavy atom. The van der Waals surface area contributed by atoms with E-state index < -0.39 is 7.14 Å². The third-order valence-corrected chi connectivity index (χ3v) is 9.50. The van der Waals surface area contributed by atoms with Crippen LogP contribution in [0.15, 0.2) is 146 Å². The van der Waals surface area contributed by atoms with Crippen LogP contribution in [0.4, 0.5) is 0 Å². The maximum atomic E-state index is 14.7. The Bertz CT molecular complexity index is 1610. The quantitative estimate of drug-likeness (QED) is 0.240. The lowest BCUT2D eigenvalue weighted by molar-refractivity contribution is 0.592. The van der Waals surface area contributed by atoms with E-state index >= 15 is 0 Å². The molecule has 0 saturated carbocycles. The van der Waals surface area contributed by atoms with Gasteiger partial charge in [0, 0.05) is 32.6 Å². The number of hydrogen-bond acceptors (Lipinski definition) is 4. The van der Waals surface area contributed by atoms with Gasteiger partial charge < -0.3 is 4.57 Å². The highest BCUT2D eigenvalue weighted by Gasteiger charge is 2.29. The fourth-order valence-corrected chi connectivity index (χ4v) is 7.13. The maximum absolute atomic E-state index is 14.7.